The van der Waals surface area contributed by atoms with Crippen LogP contribution in [0.4, 0.5) is 4.39 Å². The molecule has 1 N–H and O–H groups in total. The Morgan fingerprint density at radius 1 is 1.10 bits per heavy atom. The van der Waals surface area contributed by atoms with Crippen molar-refractivity contribution < 1.29 is 9.18 Å². The van der Waals surface area contributed by atoms with Crippen LogP contribution in [0.25, 0.3) is 0 Å². The third-order valence-corrected chi connectivity index (χ3v) is 5.50. The van der Waals surface area contributed by atoms with E-state index in [-0.39, 0.29) is 23.7 Å². The van der Waals surface area contributed by atoms with Gasteiger partial charge in [-0.3, -0.25) is 19.7 Å². The summed E-state index contributed by atoms with van der Waals surface area (Å²) in [5.41, 5.74) is 2.20. The maximum absolute atomic E-state index is 13.6. The van der Waals surface area contributed by atoms with Crippen LogP contribution in [0, 0.1) is 11.7 Å². The molecule has 0 spiro atoms. The molecule has 1 aromatic carbocycles. The second-order valence-corrected chi connectivity index (χ2v) is 7.69. The van der Waals surface area contributed by atoms with Crippen LogP contribution in [-0.2, 0) is 6.54 Å². The zero-order valence-corrected chi connectivity index (χ0v) is 16.7. The van der Waals surface area contributed by atoms with Gasteiger partial charge in [-0.15, -0.1) is 0 Å². The lowest BCUT2D eigenvalue weighted by Crippen LogP contribution is -2.43. The molecule has 1 fully saturated rings. The summed E-state index contributed by atoms with van der Waals surface area (Å²) in [7, 11) is 0. The molecular weight excluding hydrogens is 379 g/mol. The topological polar surface area (TPSA) is 58.1 Å². The van der Waals surface area contributed by atoms with Gasteiger partial charge in [0.25, 0.3) is 5.91 Å². The highest BCUT2D eigenvalue weighted by molar-refractivity contribution is 5.92. The van der Waals surface area contributed by atoms with Crippen LogP contribution >= 0.6 is 0 Å². The van der Waals surface area contributed by atoms with Crippen LogP contribution in [-0.4, -0.2) is 33.9 Å². The van der Waals surface area contributed by atoms with Gasteiger partial charge in [0.2, 0.25) is 0 Å². The predicted molar refractivity (Wildman–Crippen MR) is 113 cm³/mol. The molecule has 1 aliphatic rings. The van der Waals surface area contributed by atoms with Gasteiger partial charge in [0.05, 0.1) is 11.7 Å². The largest absolute Gasteiger partial charge is 0.342 e. The minimum absolute atomic E-state index is 0.200. The highest BCUT2D eigenvalue weighted by atomic mass is 19.1. The van der Waals surface area contributed by atoms with Gasteiger partial charge < -0.3 is 5.32 Å². The third-order valence-electron chi connectivity index (χ3n) is 5.50. The molecule has 6 heteroatoms. The molecule has 1 saturated heterocycles. The van der Waals surface area contributed by atoms with E-state index < -0.39 is 0 Å². The predicted octanol–water partition coefficient (Wildman–Crippen LogP) is 4.00. The number of hydrogen-bond donors (Lipinski definition) is 1. The Kier molecular flexibility index (Phi) is 6.44. The van der Waals surface area contributed by atoms with Gasteiger partial charge in [0.1, 0.15) is 11.5 Å². The van der Waals surface area contributed by atoms with Crippen molar-refractivity contribution in [2.75, 3.05) is 13.1 Å². The number of carbonyl (C=O) groups excluding carboxylic acids is 1. The summed E-state index contributed by atoms with van der Waals surface area (Å²) in [5.74, 6) is -0.210. The summed E-state index contributed by atoms with van der Waals surface area (Å²) < 4.78 is 13.6. The first kappa shape index (κ1) is 20.2. The van der Waals surface area contributed by atoms with E-state index in [9.17, 15) is 9.18 Å². The zero-order chi connectivity index (χ0) is 20.8. The van der Waals surface area contributed by atoms with E-state index in [0.29, 0.717) is 12.2 Å². The van der Waals surface area contributed by atoms with E-state index in [1.54, 1.807) is 42.7 Å². The fourth-order valence-corrected chi connectivity index (χ4v) is 4.11. The molecule has 2 atom stereocenters. The molecule has 1 amide bonds. The fourth-order valence-electron chi connectivity index (χ4n) is 4.11. The van der Waals surface area contributed by atoms with Gasteiger partial charge in [-0.1, -0.05) is 24.3 Å². The van der Waals surface area contributed by atoms with Crippen molar-refractivity contribution in [1.82, 2.24) is 20.2 Å². The van der Waals surface area contributed by atoms with Crippen LogP contribution in [0.3, 0.4) is 0 Å². The Hall–Kier alpha value is -3.12. The normalized spacial score (nSPS) is 18.0. The minimum Gasteiger partial charge on any atom is -0.342 e. The van der Waals surface area contributed by atoms with E-state index in [1.807, 2.05) is 24.3 Å². The number of carbonyl (C=O) groups is 1. The van der Waals surface area contributed by atoms with E-state index in [0.717, 1.165) is 37.2 Å². The maximum Gasteiger partial charge on any atom is 0.270 e. The van der Waals surface area contributed by atoms with Crippen LogP contribution < -0.4 is 5.32 Å². The summed E-state index contributed by atoms with van der Waals surface area (Å²) in [6.45, 7) is 2.45. The van der Waals surface area contributed by atoms with Crippen molar-refractivity contribution in [2.45, 2.75) is 25.4 Å². The lowest BCUT2D eigenvalue weighted by molar-refractivity contribution is 0.0870. The molecule has 1 aliphatic heterocycles. The van der Waals surface area contributed by atoms with E-state index >= 15 is 0 Å². The van der Waals surface area contributed by atoms with Gasteiger partial charge in [0, 0.05) is 25.5 Å². The quantitative estimate of drug-likeness (QED) is 0.675. The number of benzene rings is 1. The molecule has 0 radical (unpaired) electrons. The Labute approximate surface area is 176 Å². The minimum atomic E-state index is -0.213. The molecule has 0 aliphatic carbocycles. The highest BCUT2D eigenvalue weighted by Gasteiger charge is 2.31. The molecule has 4 rings (SSSR count). The second kappa shape index (κ2) is 9.59. The highest BCUT2D eigenvalue weighted by Crippen LogP contribution is 2.30. The van der Waals surface area contributed by atoms with Crippen LogP contribution in [0.2, 0.25) is 0 Å². The van der Waals surface area contributed by atoms with Crippen molar-refractivity contribution in [3.8, 4) is 0 Å². The third kappa shape index (κ3) is 5.07. The molecule has 3 aromatic rings. The van der Waals surface area contributed by atoms with Gasteiger partial charge in [0.15, 0.2) is 0 Å². The van der Waals surface area contributed by atoms with Crippen molar-refractivity contribution >= 4 is 5.91 Å². The first-order valence-electron chi connectivity index (χ1n) is 10.3. The summed E-state index contributed by atoms with van der Waals surface area (Å²) in [6.07, 6.45) is 5.38. The SMILES string of the molecule is O=C(N[C@H](c1ccccn1)[C@@H]1CCCN(Cc2cccc(F)c2)C1)c1ccccn1. The molecule has 5 nitrogen and oxygen atoms in total. The van der Waals surface area contributed by atoms with Crippen molar-refractivity contribution in [3.63, 3.8) is 0 Å². The summed E-state index contributed by atoms with van der Waals surface area (Å²) >= 11 is 0. The van der Waals surface area contributed by atoms with Crippen LogP contribution in [0.5, 0.6) is 0 Å². The Morgan fingerprint density at radius 3 is 2.67 bits per heavy atom. The number of hydrogen-bond acceptors (Lipinski definition) is 4. The van der Waals surface area contributed by atoms with Gasteiger partial charge in [-0.2, -0.15) is 0 Å². The van der Waals surface area contributed by atoms with Gasteiger partial charge >= 0.3 is 0 Å². The molecule has 3 heterocycles. The van der Waals surface area contributed by atoms with Crippen molar-refractivity contribution in [2.24, 2.45) is 5.92 Å². The zero-order valence-electron chi connectivity index (χ0n) is 16.7. The maximum atomic E-state index is 13.6. The van der Waals surface area contributed by atoms with E-state index in [4.69, 9.17) is 0 Å². The summed E-state index contributed by atoms with van der Waals surface area (Å²) in [4.78, 5) is 23.8. The molecule has 30 heavy (non-hydrogen) atoms. The van der Waals surface area contributed by atoms with Crippen LogP contribution in [0.15, 0.2) is 73.1 Å². The lowest BCUT2D eigenvalue weighted by atomic mass is 9.88. The molecule has 154 valence electrons. The standard InChI is InChI=1S/C24H25FN4O/c25-20-9-5-7-18(15-20)16-29-14-6-8-19(17-29)23(21-10-1-3-12-26-21)28-24(30)22-11-2-4-13-27-22/h1-5,7,9-13,15,19,23H,6,8,14,16-17H2,(H,28,30)/t19-,23+/m1/s1. The van der Waals surface area contributed by atoms with E-state index in [1.165, 1.54) is 6.07 Å². The fraction of sp³-hybridized carbons (Fsp3) is 0.292. The second-order valence-electron chi connectivity index (χ2n) is 7.69. The lowest BCUT2D eigenvalue weighted by Gasteiger charge is -2.37. The van der Waals surface area contributed by atoms with Crippen molar-refractivity contribution in [3.05, 3.63) is 95.8 Å². The number of piperidine rings is 1. The average Bonchev–Trinajstić information content (AvgIpc) is 2.79. The monoisotopic (exact) mass is 404 g/mol. The summed E-state index contributed by atoms with van der Waals surface area (Å²) in [6, 6.07) is 17.6. The number of rotatable bonds is 6. The number of pyridine rings is 2. The van der Waals surface area contributed by atoms with Gasteiger partial charge in [-0.05, 0) is 67.3 Å². The molecule has 0 bridgehead atoms. The average molecular weight is 404 g/mol. The number of halogens is 1. The molecule has 2 aromatic heterocycles. The van der Waals surface area contributed by atoms with Crippen molar-refractivity contribution in [1.29, 1.82) is 0 Å². The molecule has 0 unspecified atom stereocenters. The Bertz CT molecular complexity index is 967. The molecule has 0 saturated carbocycles. The number of nitrogens with zero attached hydrogens (tertiary/aromatic N) is 3. The molecular formula is C24H25FN4O. The van der Waals surface area contributed by atoms with Crippen LogP contribution in [0.1, 0.15) is 40.6 Å². The Morgan fingerprint density at radius 2 is 1.93 bits per heavy atom. The van der Waals surface area contributed by atoms with E-state index in [2.05, 4.69) is 20.2 Å². The summed E-state index contributed by atoms with van der Waals surface area (Å²) in [5, 5.41) is 3.16. The number of nitrogens with one attached hydrogen (secondary N) is 1. The number of likely N-dealkylation sites (tertiary alicyclic amines) is 1. The number of amides is 1. The smallest absolute Gasteiger partial charge is 0.270 e. The first-order valence-corrected chi connectivity index (χ1v) is 10.3. The first-order chi connectivity index (χ1) is 14.7. The number of aromatic nitrogens is 2. The Balaban J connectivity index is 1.52. The van der Waals surface area contributed by atoms with Gasteiger partial charge in [-0.25, -0.2) is 4.39 Å².